The maximum absolute atomic E-state index is 3.65. The fraction of sp³-hybridized carbons (Fsp3) is 1.00. The summed E-state index contributed by atoms with van der Waals surface area (Å²) in [6, 6.07) is 0.743. The van der Waals surface area contributed by atoms with Crippen LogP contribution in [0, 0.1) is 11.3 Å². The van der Waals surface area contributed by atoms with Crippen molar-refractivity contribution in [3.8, 4) is 0 Å². The first-order valence-electron chi connectivity index (χ1n) is 7.60. The minimum atomic E-state index is 0.220. The van der Waals surface area contributed by atoms with Crippen LogP contribution in [-0.4, -0.2) is 36.1 Å². The first-order chi connectivity index (χ1) is 8.11. The minimum absolute atomic E-state index is 0.220. The lowest BCUT2D eigenvalue weighted by molar-refractivity contribution is 0.0696. The molecule has 1 saturated heterocycles. The van der Waals surface area contributed by atoms with E-state index in [-0.39, 0.29) is 5.54 Å². The molecule has 0 spiro atoms. The molecule has 0 aromatic carbocycles. The Labute approximate surface area is 115 Å². The van der Waals surface area contributed by atoms with Gasteiger partial charge < -0.3 is 5.32 Å². The molecular weight excluding hydrogens is 220 g/mol. The van der Waals surface area contributed by atoms with Crippen molar-refractivity contribution >= 4 is 0 Å². The van der Waals surface area contributed by atoms with Crippen molar-refractivity contribution in [1.29, 1.82) is 0 Å². The van der Waals surface area contributed by atoms with Gasteiger partial charge in [-0.1, -0.05) is 20.8 Å². The highest BCUT2D eigenvalue weighted by atomic mass is 15.2. The average Bonchev–Trinajstić information content (AvgIpc) is 2.21. The van der Waals surface area contributed by atoms with E-state index >= 15 is 0 Å². The summed E-state index contributed by atoms with van der Waals surface area (Å²) in [7, 11) is 0. The van der Waals surface area contributed by atoms with Gasteiger partial charge in [0.2, 0.25) is 0 Å². The van der Waals surface area contributed by atoms with E-state index in [0.717, 1.165) is 18.5 Å². The Morgan fingerprint density at radius 2 is 1.72 bits per heavy atom. The van der Waals surface area contributed by atoms with Gasteiger partial charge in [-0.25, -0.2) is 0 Å². The number of hydrogen-bond acceptors (Lipinski definition) is 2. The van der Waals surface area contributed by atoms with Crippen molar-refractivity contribution in [2.24, 2.45) is 11.3 Å². The number of rotatable bonds is 4. The van der Waals surface area contributed by atoms with Gasteiger partial charge in [-0.3, -0.25) is 4.90 Å². The lowest BCUT2D eigenvalue weighted by atomic mass is 9.86. The standard InChI is InChI=1S/C16H34N2/c1-13-9-8-10-18(14(13)2)12-16(6,7)11-17-15(3,4)5/h13-14,17H,8-12H2,1-7H3. The fourth-order valence-electron chi connectivity index (χ4n) is 2.75. The lowest BCUT2D eigenvalue weighted by Gasteiger charge is -2.43. The van der Waals surface area contributed by atoms with E-state index in [1.807, 2.05) is 0 Å². The lowest BCUT2D eigenvalue weighted by Crippen LogP contribution is -2.50. The van der Waals surface area contributed by atoms with Crippen LogP contribution in [-0.2, 0) is 0 Å². The predicted octanol–water partition coefficient (Wildman–Crippen LogP) is 3.52. The van der Waals surface area contributed by atoms with Crippen LogP contribution < -0.4 is 5.32 Å². The van der Waals surface area contributed by atoms with Crippen LogP contribution in [0.4, 0.5) is 0 Å². The molecule has 0 aromatic rings. The largest absolute Gasteiger partial charge is 0.311 e. The highest BCUT2D eigenvalue weighted by molar-refractivity contribution is 4.85. The van der Waals surface area contributed by atoms with Crippen LogP contribution in [0.3, 0.4) is 0 Å². The number of nitrogens with one attached hydrogen (secondary N) is 1. The molecule has 2 unspecified atom stereocenters. The summed E-state index contributed by atoms with van der Waals surface area (Å²) in [5, 5.41) is 3.65. The zero-order valence-corrected chi connectivity index (χ0v) is 13.6. The summed E-state index contributed by atoms with van der Waals surface area (Å²) in [5.41, 5.74) is 0.566. The van der Waals surface area contributed by atoms with Crippen molar-refractivity contribution in [3.63, 3.8) is 0 Å². The monoisotopic (exact) mass is 254 g/mol. The van der Waals surface area contributed by atoms with Crippen molar-refractivity contribution in [3.05, 3.63) is 0 Å². The SMILES string of the molecule is CC1CCCN(CC(C)(C)CNC(C)(C)C)C1C. The molecular formula is C16H34N2. The van der Waals surface area contributed by atoms with E-state index in [4.69, 9.17) is 0 Å². The second-order valence-corrected chi connectivity index (χ2v) is 8.10. The Kier molecular flexibility index (Phi) is 5.25. The normalized spacial score (nSPS) is 27.5. The molecule has 0 amide bonds. The maximum Gasteiger partial charge on any atom is 0.00967 e. The van der Waals surface area contributed by atoms with Gasteiger partial charge in [-0.15, -0.1) is 0 Å². The molecule has 18 heavy (non-hydrogen) atoms. The Morgan fingerprint density at radius 1 is 1.11 bits per heavy atom. The van der Waals surface area contributed by atoms with Crippen LogP contribution in [0.2, 0.25) is 0 Å². The van der Waals surface area contributed by atoms with Crippen molar-refractivity contribution in [2.75, 3.05) is 19.6 Å². The third kappa shape index (κ3) is 5.27. The molecule has 1 heterocycles. The Morgan fingerprint density at radius 3 is 2.28 bits per heavy atom. The first-order valence-corrected chi connectivity index (χ1v) is 7.60. The van der Waals surface area contributed by atoms with E-state index in [1.165, 1.54) is 25.9 Å². The number of hydrogen-bond donors (Lipinski definition) is 1. The second kappa shape index (κ2) is 5.92. The predicted molar refractivity (Wildman–Crippen MR) is 81.0 cm³/mol. The van der Waals surface area contributed by atoms with Crippen LogP contribution >= 0.6 is 0 Å². The van der Waals surface area contributed by atoms with Crippen LogP contribution in [0.1, 0.15) is 61.3 Å². The van der Waals surface area contributed by atoms with E-state index in [0.29, 0.717) is 5.41 Å². The van der Waals surface area contributed by atoms with Gasteiger partial charge in [0, 0.05) is 24.7 Å². The minimum Gasteiger partial charge on any atom is -0.311 e. The summed E-state index contributed by atoms with van der Waals surface area (Å²) in [5.74, 6) is 0.852. The molecule has 1 N–H and O–H groups in total. The quantitative estimate of drug-likeness (QED) is 0.826. The summed E-state index contributed by atoms with van der Waals surface area (Å²) >= 11 is 0. The van der Waals surface area contributed by atoms with E-state index in [1.54, 1.807) is 0 Å². The van der Waals surface area contributed by atoms with Gasteiger partial charge >= 0.3 is 0 Å². The second-order valence-electron chi connectivity index (χ2n) is 8.10. The molecule has 0 aliphatic carbocycles. The first kappa shape index (κ1) is 16.0. The van der Waals surface area contributed by atoms with Gasteiger partial charge in [-0.05, 0) is 58.4 Å². The summed E-state index contributed by atoms with van der Waals surface area (Å²) < 4.78 is 0. The van der Waals surface area contributed by atoms with Gasteiger partial charge in [0.1, 0.15) is 0 Å². The average molecular weight is 254 g/mol. The Bertz CT molecular complexity index is 252. The van der Waals surface area contributed by atoms with Gasteiger partial charge in [0.25, 0.3) is 0 Å². The van der Waals surface area contributed by atoms with Gasteiger partial charge in [0.05, 0.1) is 0 Å². The van der Waals surface area contributed by atoms with Gasteiger partial charge in [-0.2, -0.15) is 0 Å². The highest BCUT2D eigenvalue weighted by Crippen LogP contribution is 2.27. The maximum atomic E-state index is 3.65. The van der Waals surface area contributed by atoms with Crippen molar-refractivity contribution in [2.45, 2.75) is 72.9 Å². The van der Waals surface area contributed by atoms with Crippen LogP contribution in [0.25, 0.3) is 0 Å². The zero-order chi connectivity index (χ0) is 14.0. The van der Waals surface area contributed by atoms with Crippen LogP contribution in [0.5, 0.6) is 0 Å². The Hall–Kier alpha value is -0.0800. The highest BCUT2D eigenvalue weighted by Gasteiger charge is 2.30. The third-order valence-corrected chi connectivity index (χ3v) is 4.23. The molecule has 108 valence electrons. The molecule has 0 aromatic heterocycles. The van der Waals surface area contributed by atoms with E-state index in [2.05, 4.69) is 58.7 Å². The number of likely N-dealkylation sites (tertiary alicyclic amines) is 1. The van der Waals surface area contributed by atoms with Crippen LogP contribution in [0.15, 0.2) is 0 Å². The topological polar surface area (TPSA) is 15.3 Å². The zero-order valence-electron chi connectivity index (χ0n) is 13.6. The van der Waals surface area contributed by atoms with Gasteiger partial charge in [0.15, 0.2) is 0 Å². The molecule has 2 heteroatoms. The number of piperidine rings is 1. The molecule has 2 atom stereocenters. The van der Waals surface area contributed by atoms with E-state index in [9.17, 15) is 0 Å². The summed E-state index contributed by atoms with van der Waals surface area (Å²) in [6.07, 6.45) is 2.77. The molecule has 2 nitrogen and oxygen atoms in total. The third-order valence-electron chi connectivity index (χ3n) is 4.23. The molecule has 0 bridgehead atoms. The summed E-state index contributed by atoms with van der Waals surface area (Å²) in [4.78, 5) is 2.69. The molecule has 0 radical (unpaired) electrons. The molecule has 0 saturated carbocycles. The molecule has 1 rings (SSSR count). The Balaban J connectivity index is 2.48. The van der Waals surface area contributed by atoms with E-state index < -0.39 is 0 Å². The number of nitrogens with zero attached hydrogens (tertiary/aromatic N) is 1. The molecule has 1 fully saturated rings. The van der Waals surface area contributed by atoms with Crippen molar-refractivity contribution in [1.82, 2.24) is 10.2 Å². The fourth-order valence-corrected chi connectivity index (χ4v) is 2.75. The smallest absolute Gasteiger partial charge is 0.00967 e. The van der Waals surface area contributed by atoms with Crippen molar-refractivity contribution < 1.29 is 0 Å². The summed E-state index contributed by atoms with van der Waals surface area (Å²) in [6.45, 7) is 19.9. The molecule has 1 aliphatic heterocycles. The molecule has 1 aliphatic rings.